The van der Waals surface area contributed by atoms with Crippen molar-refractivity contribution in [2.45, 2.75) is 103 Å². The largest absolute Gasteiger partial charge is 0.469 e. The Morgan fingerprint density at radius 3 is 2.50 bits per heavy atom. The number of esters is 2. The monoisotopic (exact) mass is 568 g/mol. The standard InChI is InChI=1S/C29H45BrO6/c1-7-18-21-14-17(36-16(3)31)12-13-28(21,4)24-23(25(18)33)20-10-9-19(15(2)8-11-22(32)35-6)29(20,5)27(30)26(24)34/h15,17-21,23-24,26-27,34H,7-14H2,1-6H3/t15-,17-,18-,19?,20?,21+,23?,24?,26?,27?,28+,29-/m1/s1. The third kappa shape index (κ3) is 4.28. The number of hydrogen-bond acceptors (Lipinski definition) is 6. The van der Waals surface area contributed by atoms with Gasteiger partial charge in [0.25, 0.3) is 0 Å². The maximum absolute atomic E-state index is 14.3. The predicted octanol–water partition coefficient (Wildman–Crippen LogP) is 5.33. The molecular formula is C29H45BrO6. The van der Waals surface area contributed by atoms with Crippen LogP contribution in [0.1, 0.15) is 86.0 Å². The molecule has 0 amide bonds. The third-order valence-electron chi connectivity index (χ3n) is 11.3. The number of aliphatic hydroxyl groups is 1. The van der Waals surface area contributed by atoms with E-state index in [0.29, 0.717) is 30.5 Å². The van der Waals surface area contributed by atoms with Crippen molar-refractivity contribution in [3.8, 4) is 0 Å². The molecule has 7 heteroatoms. The summed E-state index contributed by atoms with van der Waals surface area (Å²) in [6.07, 6.45) is 5.53. The summed E-state index contributed by atoms with van der Waals surface area (Å²) in [7, 11) is 1.43. The lowest BCUT2D eigenvalue weighted by Crippen LogP contribution is -2.68. The average Bonchev–Trinajstić information content (AvgIpc) is 3.19. The van der Waals surface area contributed by atoms with Crippen molar-refractivity contribution in [3.63, 3.8) is 0 Å². The van der Waals surface area contributed by atoms with E-state index in [1.807, 2.05) is 0 Å². The Hall–Kier alpha value is -0.950. The molecule has 0 heterocycles. The number of ether oxygens (including phenoxy) is 2. The highest BCUT2D eigenvalue weighted by molar-refractivity contribution is 9.09. The Labute approximate surface area is 224 Å². The summed E-state index contributed by atoms with van der Waals surface area (Å²) in [6, 6.07) is 0. The van der Waals surface area contributed by atoms with Crippen LogP contribution in [0, 0.1) is 52.3 Å². The molecule has 0 bridgehead atoms. The first kappa shape index (κ1) is 28.1. The minimum absolute atomic E-state index is 0.0614. The Kier molecular flexibility index (Phi) is 8.04. The molecule has 36 heavy (non-hydrogen) atoms. The van der Waals surface area contributed by atoms with Gasteiger partial charge in [0.05, 0.1) is 13.2 Å². The van der Waals surface area contributed by atoms with E-state index in [0.717, 1.165) is 38.5 Å². The highest BCUT2D eigenvalue weighted by Gasteiger charge is 2.70. The number of carbonyl (C=O) groups excluding carboxylic acids is 3. The van der Waals surface area contributed by atoms with Crippen LogP contribution in [0.15, 0.2) is 0 Å². The first-order valence-corrected chi connectivity index (χ1v) is 14.9. The van der Waals surface area contributed by atoms with Crippen molar-refractivity contribution in [1.82, 2.24) is 0 Å². The Morgan fingerprint density at radius 2 is 1.89 bits per heavy atom. The molecule has 1 N–H and O–H groups in total. The number of methoxy groups -OCH3 is 1. The SMILES string of the molecule is CC[C@H]1C(=O)C2C3CCC([C@H](C)CCC(=O)OC)[C@@]3(C)C(Br)C(O)C2[C@@]2(C)CC[C@@H](OC(C)=O)C[C@@H]12. The smallest absolute Gasteiger partial charge is 0.305 e. The van der Waals surface area contributed by atoms with Crippen LogP contribution in [-0.2, 0) is 23.9 Å². The van der Waals surface area contributed by atoms with Gasteiger partial charge >= 0.3 is 11.9 Å². The van der Waals surface area contributed by atoms with Crippen LogP contribution in [0.3, 0.4) is 0 Å². The fourth-order valence-corrected chi connectivity index (χ4v) is 10.6. The van der Waals surface area contributed by atoms with E-state index in [9.17, 15) is 19.5 Å². The van der Waals surface area contributed by atoms with Gasteiger partial charge in [-0.2, -0.15) is 0 Å². The van der Waals surface area contributed by atoms with Crippen molar-refractivity contribution < 1.29 is 29.0 Å². The topological polar surface area (TPSA) is 89.9 Å². The molecule has 0 spiro atoms. The average molecular weight is 570 g/mol. The van der Waals surface area contributed by atoms with Crippen molar-refractivity contribution in [2.24, 2.45) is 52.3 Å². The molecule has 6 nitrogen and oxygen atoms in total. The van der Waals surface area contributed by atoms with Crippen molar-refractivity contribution in [1.29, 1.82) is 0 Å². The second-order valence-electron chi connectivity index (χ2n) is 12.7. The van der Waals surface area contributed by atoms with Crippen LogP contribution in [0.4, 0.5) is 0 Å². The number of Topliss-reactive ketones (excluding diaryl/α,β-unsaturated/α-hetero) is 1. The molecule has 6 unspecified atom stereocenters. The molecule has 0 aromatic rings. The minimum atomic E-state index is -0.621. The molecule has 204 valence electrons. The summed E-state index contributed by atoms with van der Waals surface area (Å²) >= 11 is 4.00. The van der Waals surface area contributed by atoms with Crippen molar-refractivity contribution in [3.05, 3.63) is 0 Å². The lowest BCUT2D eigenvalue weighted by atomic mass is 9.41. The molecule has 4 fully saturated rings. The number of halogens is 1. The quantitative estimate of drug-likeness (QED) is 0.344. The van der Waals surface area contributed by atoms with Gasteiger partial charge in [-0.05, 0) is 79.4 Å². The molecule has 4 rings (SSSR count). The molecule has 12 atom stereocenters. The van der Waals surface area contributed by atoms with E-state index in [-0.39, 0.29) is 63.3 Å². The van der Waals surface area contributed by atoms with Gasteiger partial charge in [-0.25, -0.2) is 0 Å². The van der Waals surface area contributed by atoms with Gasteiger partial charge in [0.15, 0.2) is 0 Å². The lowest BCUT2D eigenvalue weighted by Gasteiger charge is -2.65. The molecule has 0 saturated heterocycles. The maximum atomic E-state index is 14.3. The summed E-state index contributed by atoms with van der Waals surface area (Å²) < 4.78 is 10.5. The van der Waals surface area contributed by atoms with E-state index in [2.05, 4.69) is 43.6 Å². The van der Waals surface area contributed by atoms with E-state index >= 15 is 0 Å². The fraction of sp³-hybridized carbons (Fsp3) is 0.897. The van der Waals surface area contributed by atoms with E-state index in [4.69, 9.17) is 9.47 Å². The van der Waals surface area contributed by atoms with Crippen LogP contribution in [0.2, 0.25) is 0 Å². The number of ketones is 1. The highest BCUT2D eigenvalue weighted by Crippen LogP contribution is 2.70. The summed E-state index contributed by atoms with van der Waals surface area (Å²) in [5.74, 6) is 0.531. The minimum Gasteiger partial charge on any atom is -0.469 e. The zero-order chi connectivity index (χ0) is 26.6. The van der Waals surface area contributed by atoms with Crippen LogP contribution in [-0.4, -0.2) is 47.0 Å². The van der Waals surface area contributed by atoms with Gasteiger partial charge in [0.2, 0.25) is 0 Å². The van der Waals surface area contributed by atoms with Gasteiger partial charge in [0, 0.05) is 35.9 Å². The second-order valence-corrected chi connectivity index (χ2v) is 13.7. The van der Waals surface area contributed by atoms with E-state index in [1.54, 1.807) is 0 Å². The van der Waals surface area contributed by atoms with Gasteiger partial charge in [-0.3, -0.25) is 14.4 Å². The van der Waals surface area contributed by atoms with Gasteiger partial charge in [0.1, 0.15) is 11.9 Å². The van der Waals surface area contributed by atoms with E-state index in [1.165, 1.54) is 14.0 Å². The normalized spacial score (nSPS) is 46.8. The number of hydrogen-bond donors (Lipinski definition) is 1. The summed E-state index contributed by atoms with van der Waals surface area (Å²) in [4.78, 5) is 37.7. The second kappa shape index (κ2) is 10.3. The van der Waals surface area contributed by atoms with Crippen LogP contribution < -0.4 is 0 Å². The molecule has 4 aliphatic carbocycles. The Balaban J connectivity index is 1.67. The zero-order valence-corrected chi connectivity index (χ0v) is 24.4. The fourth-order valence-electron chi connectivity index (χ4n) is 9.60. The number of aliphatic hydroxyl groups excluding tert-OH is 1. The zero-order valence-electron chi connectivity index (χ0n) is 22.8. The maximum Gasteiger partial charge on any atom is 0.305 e. The molecular weight excluding hydrogens is 524 g/mol. The third-order valence-corrected chi connectivity index (χ3v) is 12.8. The molecule has 0 aromatic carbocycles. The summed E-state index contributed by atoms with van der Waals surface area (Å²) in [5, 5.41) is 12.0. The van der Waals surface area contributed by atoms with Crippen molar-refractivity contribution >= 4 is 33.7 Å². The first-order valence-electron chi connectivity index (χ1n) is 14.0. The number of carbonyl (C=O) groups is 3. The predicted molar refractivity (Wildman–Crippen MR) is 140 cm³/mol. The Morgan fingerprint density at radius 1 is 1.19 bits per heavy atom. The van der Waals surface area contributed by atoms with Gasteiger partial charge in [-0.15, -0.1) is 0 Å². The number of alkyl halides is 1. The molecule has 4 saturated carbocycles. The van der Waals surface area contributed by atoms with Crippen LogP contribution in [0.25, 0.3) is 0 Å². The van der Waals surface area contributed by atoms with Gasteiger partial charge < -0.3 is 14.6 Å². The van der Waals surface area contributed by atoms with Gasteiger partial charge in [-0.1, -0.05) is 43.6 Å². The number of fused-ring (bicyclic) bond motifs is 5. The van der Waals surface area contributed by atoms with Crippen molar-refractivity contribution in [2.75, 3.05) is 7.11 Å². The molecule has 0 aromatic heterocycles. The molecule has 4 aliphatic rings. The molecule has 0 aliphatic heterocycles. The first-order chi connectivity index (χ1) is 16.9. The summed E-state index contributed by atoms with van der Waals surface area (Å²) in [5.41, 5.74) is -0.389. The van der Waals surface area contributed by atoms with Crippen LogP contribution >= 0.6 is 15.9 Å². The lowest BCUT2D eigenvalue weighted by molar-refractivity contribution is -0.197. The highest BCUT2D eigenvalue weighted by atomic mass is 79.9. The molecule has 0 radical (unpaired) electrons. The van der Waals surface area contributed by atoms with Crippen LogP contribution in [0.5, 0.6) is 0 Å². The summed E-state index contributed by atoms with van der Waals surface area (Å²) in [6.45, 7) is 10.4. The van der Waals surface area contributed by atoms with E-state index < -0.39 is 6.10 Å². The Bertz CT molecular complexity index is 876. The number of rotatable bonds is 6.